The summed E-state index contributed by atoms with van der Waals surface area (Å²) in [7, 11) is 1.67. The van der Waals surface area contributed by atoms with E-state index in [-0.39, 0.29) is 5.54 Å². The van der Waals surface area contributed by atoms with Crippen molar-refractivity contribution < 1.29 is 4.74 Å². The van der Waals surface area contributed by atoms with Gasteiger partial charge in [0, 0.05) is 5.71 Å². The average molecular weight is 282 g/mol. The van der Waals surface area contributed by atoms with Crippen LogP contribution in [0.4, 0.5) is 0 Å². The Morgan fingerprint density at radius 3 is 2.42 bits per heavy atom. The first-order valence-electron chi connectivity index (χ1n) is 6.53. The second kappa shape index (κ2) is 5.96. The number of aliphatic imine (C=N–C) groups is 1. The van der Waals surface area contributed by atoms with E-state index in [9.17, 15) is 0 Å². The lowest BCUT2D eigenvalue weighted by Crippen LogP contribution is -2.31. The van der Waals surface area contributed by atoms with E-state index in [0.717, 1.165) is 23.4 Å². The van der Waals surface area contributed by atoms with Gasteiger partial charge in [0.25, 0.3) is 0 Å². The Morgan fingerprint density at radius 2 is 1.89 bits per heavy atom. The second-order valence-corrected chi connectivity index (χ2v) is 6.93. The van der Waals surface area contributed by atoms with Gasteiger partial charge in [-0.15, -0.1) is 11.6 Å². The van der Waals surface area contributed by atoms with Crippen molar-refractivity contribution in [2.24, 2.45) is 4.99 Å². The number of hydrogen-bond donors (Lipinski definition) is 0. The summed E-state index contributed by atoms with van der Waals surface area (Å²) in [6.07, 6.45) is 0.733. The molecule has 1 unspecified atom stereocenters. The summed E-state index contributed by atoms with van der Waals surface area (Å²) < 4.78 is 5.24. The number of alkyl halides is 1. The van der Waals surface area contributed by atoms with Gasteiger partial charge in [0.1, 0.15) is 5.75 Å². The molecule has 0 amide bonds. The molecular weight excluding hydrogens is 258 g/mol. The zero-order valence-corrected chi connectivity index (χ0v) is 13.5. The molecule has 0 heterocycles. The molecule has 106 valence electrons. The summed E-state index contributed by atoms with van der Waals surface area (Å²) in [5, 5.41) is 0. The van der Waals surface area contributed by atoms with Crippen LogP contribution in [-0.2, 0) is 6.42 Å². The molecule has 0 aromatic heterocycles. The van der Waals surface area contributed by atoms with Gasteiger partial charge in [-0.3, -0.25) is 4.99 Å². The number of nitrogens with zero attached hydrogens (tertiary/aromatic N) is 1. The minimum Gasteiger partial charge on any atom is -0.497 e. The third kappa shape index (κ3) is 5.23. The number of ether oxygens (including phenoxy) is 1. The standard InChI is InChI=1S/C16H24ClNO/c1-12(18-15(2,3)4)16(5,17)11-13-8-7-9-14(10-13)19-6/h7-10H,11H2,1-6H3. The zero-order chi connectivity index (χ0) is 14.7. The smallest absolute Gasteiger partial charge is 0.119 e. The Hall–Kier alpha value is -1.02. The van der Waals surface area contributed by atoms with E-state index in [2.05, 4.69) is 31.8 Å². The van der Waals surface area contributed by atoms with Crippen LogP contribution in [0, 0.1) is 0 Å². The van der Waals surface area contributed by atoms with Gasteiger partial charge in [0.2, 0.25) is 0 Å². The number of methoxy groups -OCH3 is 1. The molecule has 2 nitrogen and oxygen atoms in total. The molecular formula is C16H24ClNO. The quantitative estimate of drug-likeness (QED) is 0.588. The fraction of sp³-hybridized carbons (Fsp3) is 0.562. The summed E-state index contributed by atoms with van der Waals surface area (Å²) in [5.74, 6) is 0.857. The highest BCUT2D eigenvalue weighted by atomic mass is 35.5. The largest absolute Gasteiger partial charge is 0.497 e. The van der Waals surface area contributed by atoms with Crippen molar-refractivity contribution in [1.82, 2.24) is 0 Å². The van der Waals surface area contributed by atoms with Crippen LogP contribution in [0.15, 0.2) is 29.3 Å². The Labute approximate surface area is 121 Å². The normalized spacial score (nSPS) is 16.1. The van der Waals surface area contributed by atoms with Crippen LogP contribution in [0.3, 0.4) is 0 Å². The van der Waals surface area contributed by atoms with E-state index in [0.29, 0.717) is 0 Å². The summed E-state index contributed by atoms with van der Waals surface area (Å²) in [6.45, 7) is 10.2. The van der Waals surface area contributed by atoms with Crippen molar-refractivity contribution in [3.8, 4) is 5.75 Å². The summed E-state index contributed by atoms with van der Waals surface area (Å²) in [4.78, 5) is 4.20. The molecule has 0 saturated carbocycles. The van der Waals surface area contributed by atoms with E-state index >= 15 is 0 Å². The lowest BCUT2D eigenvalue weighted by Gasteiger charge is -2.25. The molecule has 0 aliphatic heterocycles. The highest BCUT2D eigenvalue weighted by Gasteiger charge is 2.26. The Morgan fingerprint density at radius 1 is 1.26 bits per heavy atom. The van der Waals surface area contributed by atoms with Crippen LogP contribution in [0.5, 0.6) is 5.75 Å². The fourth-order valence-corrected chi connectivity index (χ4v) is 2.11. The molecule has 0 aliphatic carbocycles. The molecule has 1 aromatic rings. The summed E-state index contributed by atoms with van der Waals surface area (Å²) in [5.41, 5.74) is 2.01. The molecule has 3 heteroatoms. The van der Waals surface area contributed by atoms with Gasteiger partial charge in [0.15, 0.2) is 0 Å². The lowest BCUT2D eigenvalue weighted by molar-refractivity contribution is 0.414. The van der Waals surface area contributed by atoms with E-state index in [1.165, 1.54) is 0 Å². The van der Waals surface area contributed by atoms with Crippen molar-refractivity contribution >= 4 is 17.3 Å². The van der Waals surface area contributed by atoms with Crippen molar-refractivity contribution in [3.63, 3.8) is 0 Å². The molecule has 0 radical (unpaired) electrons. The van der Waals surface area contributed by atoms with Gasteiger partial charge in [-0.1, -0.05) is 12.1 Å². The van der Waals surface area contributed by atoms with E-state index in [1.807, 2.05) is 32.0 Å². The van der Waals surface area contributed by atoms with E-state index in [1.54, 1.807) is 7.11 Å². The highest BCUT2D eigenvalue weighted by molar-refractivity contribution is 6.35. The first kappa shape index (κ1) is 16.0. The molecule has 0 N–H and O–H groups in total. The molecule has 1 aromatic carbocycles. The number of rotatable bonds is 4. The molecule has 0 bridgehead atoms. The second-order valence-electron chi connectivity index (χ2n) is 6.09. The van der Waals surface area contributed by atoms with Gasteiger partial charge >= 0.3 is 0 Å². The zero-order valence-electron chi connectivity index (χ0n) is 12.7. The minimum atomic E-state index is -0.473. The monoisotopic (exact) mass is 281 g/mol. The first-order chi connectivity index (χ1) is 8.64. The molecule has 0 fully saturated rings. The Balaban J connectivity index is 2.92. The summed E-state index contributed by atoms with van der Waals surface area (Å²) >= 11 is 6.65. The molecule has 0 saturated heterocycles. The van der Waals surface area contributed by atoms with Crippen LogP contribution in [0.2, 0.25) is 0 Å². The number of benzene rings is 1. The third-order valence-electron chi connectivity index (χ3n) is 2.93. The van der Waals surface area contributed by atoms with Gasteiger partial charge in [-0.05, 0) is 58.7 Å². The maximum absolute atomic E-state index is 6.65. The predicted molar refractivity (Wildman–Crippen MR) is 83.8 cm³/mol. The van der Waals surface area contributed by atoms with Gasteiger partial charge in [-0.25, -0.2) is 0 Å². The van der Waals surface area contributed by atoms with Crippen molar-refractivity contribution in [3.05, 3.63) is 29.8 Å². The van der Waals surface area contributed by atoms with Crippen LogP contribution in [0.1, 0.15) is 40.2 Å². The van der Waals surface area contributed by atoms with Gasteiger partial charge < -0.3 is 4.74 Å². The maximum atomic E-state index is 6.65. The van der Waals surface area contributed by atoms with E-state index < -0.39 is 4.87 Å². The van der Waals surface area contributed by atoms with Crippen molar-refractivity contribution in [1.29, 1.82) is 0 Å². The third-order valence-corrected chi connectivity index (χ3v) is 3.33. The maximum Gasteiger partial charge on any atom is 0.119 e. The Kier molecular flexibility index (Phi) is 5.03. The van der Waals surface area contributed by atoms with Crippen LogP contribution < -0.4 is 4.74 Å². The fourth-order valence-electron chi connectivity index (χ4n) is 1.91. The summed E-state index contributed by atoms with van der Waals surface area (Å²) in [6, 6.07) is 8.00. The van der Waals surface area contributed by atoms with E-state index in [4.69, 9.17) is 16.3 Å². The molecule has 19 heavy (non-hydrogen) atoms. The minimum absolute atomic E-state index is 0.103. The first-order valence-corrected chi connectivity index (χ1v) is 6.91. The molecule has 1 rings (SSSR count). The number of hydrogen-bond acceptors (Lipinski definition) is 2. The van der Waals surface area contributed by atoms with Crippen LogP contribution in [0.25, 0.3) is 0 Å². The van der Waals surface area contributed by atoms with Gasteiger partial charge in [-0.2, -0.15) is 0 Å². The van der Waals surface area contributed by atoms with Gasteiger partial charge in [0.05, 0.1) is 17.5 Å². The average Bonchev–Trinajstić information content (AvgIpc) is 2.26. The van der Waals surface area contributed by atoms with Crippen molar-refractivity contribution in [2.45, 2.75) is 51.5 Å². The molecule has 1 atom stereocenters. The highest BCUT2D eigenvalue weighted by Crippen LogP contribution is 2.26. The number of halogens is 1. The SMILES string of the molecule is COc1cccc(CC(C)(Cl)C(C)=NC(C)(C)C)c1. The Bertz CT molecular complexity index is 458. The van der Waals surface area contributed by atoms with Crippen LogP contribution in [-0.4, -0.2) is 23.2 Å². The van der Waals surface area contributed by atoms with Crippen LogP contribution >= 0.6 is 11.6 Å². The lowest BCUT2D eigenvalue weighted by atomic mass is 9.95. The topological polar surface area (TPSA) is 21.6 Å². The molecule has 0 spiro atoms. The molecule has 0 aliphatic rings. The van der Waals surface area contributed by atoms with Crippen molar-refractivity contribution in [2.75, 3.05) is 7.11 Å². The predicted octanol–water partition coefficient (Wildman–Crippen LogP) is 4.49.